The Bertz CT molecular complexity index is 298. The van der Waals surface area contributed by atoms with E-state index in [-0.39, 0.29) is 5.79 Å². The van der Waals surface area contributed by atoms with Crippen LogP contribution in [0.5, 0.6) is 0 Å². The van der Waals surface area contributed by atoms with Gasteiger partial charge in [-0.2, -0.15) is 0 Å². The lowest BCUT2D eigenvalue weighted by Crippen LogP contribution is -2.35. The maximum absolute atomic E-state index is 6.42. The van der Waals surface area contributed by atoms with E-state index in [1.165, 1.54) is 64.2 Å². The first-order valence-electron chi connectivity index (χ1n) is 8.57. The Labute approximate surface area is 118 Å². The molecule has 0 aromatic carbocycles. The van der Waals surface area contributed by atoms with Crippen LogP contribution in [0.25, 0.3) is 0 Å². The van der Waals surface area contributed by atoms with E-state index in [1.807, 2.05) is 0 Å². The Balaban J connectivity index is 1.58. The molecule has 1 heterocycles. The van der Waals surface area contributed by atoms with E-state index >= 15 is 0 Å². The van der Waals surface area contributed by atoms with Gasteiger partial charge < -0.3 is 9.47 Å². The van der Waals surface area contributed by atoms with Crippen LogP contribution in [0.15, 0.2) is 0 Å². The van der Waals surface area contributed by atoms with Gasteiger partial charge in [0.1, 0.15) is 0 Å². The summed E-state index contributed by atoms with van der Waals surface area (Å²) in [5, 5.41) is 0. The van der Waals surface area contributed by atoms with E-state index in [4.69, 9.17) is 9.47 Å². The van der Waals surface area contributed by atoms with E-state index in [2.05, 4.69) is 13.8 Å². The fourth-order valence-corrected chi connectivity index (χ4v) is 4.47. The minimum absolute atomic E-state index is 0.258. The number of rotatable bonds is 4. The fourth-order valence-electron chi connectivity index (χ4n) is 4.47. The molecule has 3 fully saturated rings. The molecule has 4 atom stereocenters. The van der Waals surface area contributed by atoms with Gasteiger partial charge in [0.05, 0.1) is 12.2 Å². The average molecular weight is 266 g/mol. The van der Waals surface area contributed by atoms with Crippen LogP contribution in [0.2, 0.25) is 0 Å². The number of hydrogen-bond donors (Lipinski definition) is 0. The van der Waals surface area contributed by atoms with Gasteiger partial charge in [0.2, 0.25) is 0 Å². The Hall–Kier alpha value is -0.0800. The van der Waals surface area contributed by atoms with Gasteiger partial charge in [-0.25, -0.2) is 0 Å². The molecule has 4 unspecified atom stereocenters. The molecular formula is C17H30O2. The number of ether oxygens (including phenoxy) is 2. The van der Waals surface area contributed by atoms with Crippen molar-refractivity contribution in [1.29, 1.82) is 0 Å². The maximum atomic E-state index is 6.42. The van der Waals surface area contributed by atoms with Crippen molar-refractivity contribution < 1.29 is 9.47 Å². The Morgan fingerprint density at radius 2 is 1.74 bits per heavy atom. The van der Waals surface area contributed by atoms with Gasteiger partial charge in [0.15, 0.2) is 5.79 Å². The summed E-state index contributed by atoms with van der Waals surface area (Å²) in [5.41, 5.74) is 0. The molecule has 0 aromatic rings. The topological polar surface area (TPSA) is 18.5 Å². The van der Waals surface area contributed by atoms with Gasteiger partial charge in [0, 0.05) is 5.92 Å². The van der Waals surface area contributed by atoms with Crippen molar-refractivity contribution in [3.63, 3.8) is 0 Å². The van der Waals surface area contributed by atoms with Crippen LogP contribution in [0, 0.1) is 11.8 Å². The molecule has 1 aliphatic heterocycles. The number of unbranched alkanes of at least 4 members (excludes halogenated alkanes) is 1. The molecule has 2 saturated carbocycles. The first-order valence-corrected chi connectivity index (χ1v) is 8.57. The molecule has 110 valence electrons. The predicted molar refractivity (Wildman–Crippen MR) is 77.0 cm³/mol. The predicted octanol–water partition coefficient (Wildman–Crippen LogP) is 4.67. The SMILES string of the molecule is CCCCC1CCC2OC(C)(C3CCCC3)OC2C1. The first-order chi connectivity index (χ1) is 9.21. The van der Waals surface area contributed by atoms with Gasteiger partial charge in [-0.15, -0.1) is 0 Å². The Kier molecular flexibility index (Phi) is 4.19. The van der Waals surface area contributed by atoms with Crippen molar-refractivity contribution in [2.24, 2.45) is 11.8 Å². The lowest BCUT2D eigenvalue weighted by atomic mass is 9.82. The minimum Gasteiger partial charge on any atom is -0.344 e. The lowest BCUT2D eigenvalue weighted by Gasteiger charge is -2.30. The molecule has 0 spiro atoms. The highest BCUT2D eigenvalue weighted by atomic mass is 16.8. The standard InChI is InChI=1S/C17H30O2/c1-3-4-7-13-10-11-15-16(12-13)19-17(2,18-15)14-8-5-6-9-14/h13-16H,3-12H2,1-2H3. The van der Waals surface area contributed by atoms with Crippen LogP contribution in [0.1, 0.15) is 78.1 Å². The molecular weight excluding hydrogens is 236 g/mol. The van der Waals surface area contributed by atoms with E-state index in [1.54, 1.807) is 0 Å². The van der Waals surface area contributed by atoms with E-state index in [9.17, 15) is 0 Å². The lowest BCUT2D eigenvalue weighted by molar-refractivity contribution is -0.196. The molecule has 2 nitrogen and oxygen atoms in total. The summed E-state index contributed by atoms with van der Waals surface area (Å²) < 4.78 is 12.8. The van der Waals surface area contributed by atoms with Crippen LogP contribution in [0.4, 0.5) is 0 Å². The van der Waals surface area contributed by atoms with Gasteiger partial charge in [-0.05, 0) is 44.9 Å². The molecule has 1 saturated heterocycles. The molecule has 3 aliphatic rings. The fraction of sp³-hybridized carbons (Fsp3) is 1.00. The average Bonchev–Trinajstić information content (AvgIpc) is 3.02. The zero-order chi connectivity index (χ0) is 13.3. The second-order valence-corrected chi connectivity index (χ2v) is 7.13. The van der Waals surface area contributed by atoms with Crippen LogP contribution in [0.3, 0.4) is 0 Å². The normalized spacial score (nSPS) is 43.6. The molecule has 19 heavy (non-hydrogen) atoms. The summed E-state index contributed by atoms with van der Waals surface area (Å²) in [7, 11) is 0. The van der Waals surface area contributed by atoms with Crippen molar-refractivity contribution in [2.45, 2.75) is 96.1 Å². The highest BCUT2D eigenvalue weighted by Crippen LogP contribution is 2.47. The van der Waals surface area contributed by atoms with E-state index in [0.717, 1.165) is 5.92 Å². The van der Waals surface area contributed by atoms with Crippen molar-refractivity contribution in [3.8, 4) is 0 Å². The van der Waals surface area contributed by atoms with Crippen LogP contribution in [-0.4, -0.2) is 18.0 Å². The van der Waals surface area contributed by atoms with Crippen molar-refractivity contribution >= 4 is 0 Å². The molecule has 0 bridgehead atoms. The largest absolute Gasteiger partial charge is 0.344 e. The van der Waals surface area contributed by atoms with Crippen LogP contribution in [-0.2, 0) is 9.47 Å². The Morgan fingerprint density at radius 3 is 2.47 bits per heavy atom. The summed E-state index contributed by atoms with van der Waals surface area (Å²) in [6, 6.07) is 0. The van der Waals surface area contributed by atoms with Gasteiger partial charge in [0.25, 0.3) is 0 Å². The Morgan fingerprint density at radius 1 is 1.00 bits per heavy atom. The van der Waals surface area contributed by atoms with Crippen molar-refractivity contribution in [1.82, 2.24) is 0 Å². The number of fused-ring (bicyclic) bond motifs is 1. The highest BCUT2D eigenvalue weighted by Gasteiger charge is 2.50. The molecule has 0 amide bonds. The van der Waals surface area contributed by atoms with Crippen molar-refractivity contribution in [2.75, 3.05) is 0 Å². The second-order valence-electron chi connectivity index (χ2n) is 7.13. The summed E-state index contributed by atoms with van der Waals surface area (Å²) in [6.45, 7) is 4.50. The molecule has 2 aliphatic carbocycles. The second kappa shape index (κ2) is 5.73. The third kappa shape index (κ3) is 2.85. The minimum atomic E-state index is -0.258. The van der Waals surface area contributed by atoms with E-state index in [0.29, 0.717) is 18.1 Å². The summed E-state index contributed by atoms with van der Waals surface area (Å²) in [5.74, 6) is 1.27. The third-order valence-electron chi connectivity index (χ3n) is 5.67. The molecule has 0 N–H and O–H groups in total. The molecule has 0 aromatic heterocycles. The van der Waals surface area contributed by atoms with Crippen LogP contribution < -0.4 is 0 Å². The van der Waals surface area contributed by atoms with Gasteiger partial charge in [-0.3, -0.25) is 0 Å². The summed E-state index contributed by atoms with van der Waals surface area (Å²) >= 11 is 0. The highest BCUT2D eigenvalue weighted by molar-refractivity contribution is 4.93. The molecule has 2 heteroatoms. The van der Waals surface area contributed by atoms with E-state index < -0.39 is 0 Å². The maximum Gasteiger partial charge on any atom is 0.169 e. The van der Waals surface area contributed by atoms with Gasteiger partial charge >= 0.3 is 0 Å². The summed E-state index contributed by atoms with van der Waals surface area (Å²) in [6.07, 6.45) is 14.0. The molecule has 3 rings (SSSR count). The van der Waals surface area contributed by atoms with Gasteiger partial charge in [-0.1, -0.05) is 39.0 Å². The zero-order valence-electron chi connectivity index (χ0n) is 12.7. The molecule has 0 radical (unpaired) electrons. The van der Waals surface area contributed by atoms with Crippen molar-refractivity contribution in [3.05, 3.63) is 0 Å². The zero-order valence-corrected chi connectivity index (χ0v) is 12.7. The monoisotopic (exact) mass is 266 g/mol. The first kappa shape index (κ1) is 13.9. The number of hydrogen-bond acceptors (Lipinski definition) is 2. The quantitative estimate of drug-likeness (QED) is 0.736. The van der Waals surface area contributed by atoms with Crippen LogP contribution >= 0.6 is 0 Å². The third-order valence-corrected chi connectivity index (χ3v) is 5.67. The smallest absolute Gasteiger partial charge is 0.169 e. The summed E-state index contributed by atoms with van der Waals surface area (Å²) in [4.78, 5) is 0.